The number of carbonyl (C=O) groups is 2. The summed E-state index contributed by atoms with van der Waals surface area (Å²) in [7, 11) is 0. The summed E-state index contributed by atoms with van der Waals surface area (Å²) < 4.78 is 10.6. The van der Waals surface area contributed by atoms with Crippen molar-refractivity contribution in [1.29, 1.82) is 0 Å². The Morgan fingerprint density at radius 3 is 2.66 bits per heavy atom. The number of carbonyl (C=O) groups excluding carboxylic acids is 2. The summed E-state index contributed by atoms with van der Waals surface area (Å²) in [6, 6.07) is 0. The fourth-order valence-electron chi connectivity index (χ4n) is 6.30. The van der Waals surface area contributed by atoms with Crippen LogP contribution in [-0.2, 0) is 19.1 Å². The van der Waals surface area contributed by atoms with Crippen LogP contribution in [0, 0.1) is 22.7 Å². The van der Waals surface area contributed by atoms with E-state index in [9.17, 15) is 14.7 Å². The molecule has 0 aromatic heterocycles. The molecule has 2 aliphatic carbocycles. The van der Waals surface area contributed by atoms with Crippen molar-refractivity contribution in [3.8, 4) is 0 Å². The van der Waals surface area contributed by atoms with Crippen LogP contribution in [0.4, 0.5) is 0 Å². The SMILES string of the molecule is C=C(C)CCC[C@]1(C)CCC=C2[C@H]1CC[C@@H](C)[C@@]2(C)C[C@@H](OC(C)=O)C1=CC(=O)OC1O. The van der Waals surface area contributed by atoms with E-state index in [0.29, 0.717) is 23.8 Å². The maximum atomic E-state index is 11.9. The van der Waals surface area contributed by atoms with E-state index in [1.807, 2.05) is 0 Å². The number of fused-ring (bicyclic) bond motifs is 1. The fraction of sp³-hybridized carbons (Fsp3) is 0.704. The van der Waals surface area contributed by atoms with Crippen LogP contribution in [0.2, 0.25) is 0 Å². The third-order valence-corrected chi connectivity index (χ3v) is 8.37. The molecule has 1 heterocycles. The van der Waals surface area contributed by atoms with Crippen molar-refractivity contribution in [2.75, 3.05) is 0 Å². The van der Waals surface area contributed by atoms with Gasteiger partial charge in [0.25, 0.3) is 0 Å². The molecule has 0 radical (unpaired) electrons. The molecule has 0 saturated heterocycles. The van der Waals surface area contributed by atoms with Gasteiger partial charge in [0.2, 0.25) is 6.29 Å². The summed E-state index contributed by atoms with van der Waals surface area (Å²) in [5.41, 5.74) is 3.12. The van der Waals surface area contributed by atoms with Crippen molar-refractivity contribution in [3.05, 3.63) is 35.5 Å². The van der Waals surface area contributed by atoms with Gasteiger partial charge >= 0.3 is 11.9 Å². The summed E-state index contributed by atoms with van der Waals surface area (Å²) in [5, 5.41) is 10.3. The Kier molecular flexibility index (Phi) is 7.38. The van der Waals surface area contributed by atoms with Crippen LogP contribution < -0.4 is 0 Å². The van der Waals surface area contributed by atoms with Crippen LogP contribution in [0.15, 0.2) is 35.5 Å². The molecule has 1 unspecified atom stereocenters. The van der Waals surface area contributed by atoms with Gasteiger partial charge in [-0.3, -0.25) is 4.79 Å². The number of allylic oxidation sites excluding steroid dienone is 3. The Morgan fingerprint density at radius 1 is 1.34 bits per heavy atom. The van der Waals surface area contributed by atoms with Gasteiger partial charge in [-0.15, -0.1) is 6.58 Å². The second-order valence-electron chi connectivity index (χ2n) is 10.8. The summed E-state index contributed by atoms with van der Waals surface area (Å²) in [6.45, 7) is 14.5. The number of esters is 2. The topological polar surface area (TPSA) is 72.8 Å². The Hall–Kier alpha value is -1.88. The zero-order valence-electron chi connectivity index (χ0n) is 20.4. The first-order chi connectivity index (χ1) is 15.0. The predicted octanol–water partition coefficient (Wildman–Crippen LogP) is 5.64. The normalized spacial score (nSPS) is 35.3. The number of ether oxygens (including phenoxy) is 2. The molecule has 1 fully saturated rings. The zero-order chi connectivity index (χ0) is 23.7. The molecule has 3 rings (SSSR count). The average molecular weight is 445 g/mol. The van der Waals surface area contributed by atoms with Gasteiger partial charge < -0.3 is 14.6 Å². The molecule has 0 aromatic rings. The first kappa shape index (κ1) is 24.8. The van der Waals surface area contributed by atoms with Gasteiger partial charge in [-0.05, 0) is 81.0 Å². The smallest absolute Gasteiger partial charge is 0.333 e. The van der Waals surface area contributed by atoms with E-state index in [2.05, 4.69) is 40.3 Å². The first-order valence-electron chi connectivity index (χ1n) is 12.1. The van der Waals surface area contributed by atoms with Crippen LogP contribution >= 0.6 is 0 Å². The second-order valence-corrected chi connectivity index (χ2v) is 10.8. The number of rotatable bonds is 8. The van der Waals surface area contributed by atoms with Crippen LogP contribution in [0.25, 0.3) is 0 Å². The third-order valence-electron chi connectivity index (χ3n) is 8.37. The minimum atomic E-state index is -1.35. The van der Waals surface area contributed by atoms with E-state index in [4.69, 9.17) is 9.47 Å². The number of aliphatic hydroxyl groups excluding tert-OH is 1. The molecule has 5 nitrogen and oxygen atoms in total. The van der Waals surface area contributed by atoms with E-state index < -0.39 is 24.3 Å². The summed E-state index contributed by atoms with van der Waals surface area (Å²) in [5.74, 6) is -0.114. The molecule has 178 valence electrons. The highest BCUT2D eigenvalue weighted by molar-refractivity contribution is 5.86. The lowest BCUT2D eigenvalue weighted by Gasteiger charge is -2.54. The molecule has 0 aromatic carbocycles. The number of aliphatic hydroxyl groups is 1. The Bertz CT molecular complexity index is 824. The summed E-state index contributed by atoms with van der Waals surface area (Å²) in [6.07, 6.45) is 10.2. The van der Waals surface area contributed by atoms with Crippen LogP contribution in [0.1, 0.15) is 86.0 Å². The predicted molar refractivity (Wildman–Crippen MR) is 124 cm³/mol. The van der Waals surface area contributed by atoms with Crippen molar-refractivity contribution >= 4 is 11.9 Å². The van der Waals surface area contributed by atoms with Crippen LogP contribution in [-0.4, -0.2) is 29.4 Å². The second kappa shape index (κ2) is 9.54. The lowest BCUT2D eigenvalue weighted by Crippen LogP contribution is -2.46. The van der Waals surface area contributed by atoms with Gasteiger partial charge in [0.05, 0.1) is 0 Å². The summed E-state index contributed by atoms with van der Waals surface area (Å²) >= 11 is 0. The van der Waals surface area contributed by atoms with Gasteiger partial charge in [0, 0.05) is 18.6 Å². The van der Waals surface area contributed by atoms with Crippen molar-refractivity contribution in [2.24, 2.45) is 22.7 Å². The largest absolute Gasteiger partial charge is 0.458 e. The minimum absolute atomic E-state index is 0.189. The molecule has 1 saturated carbocycles. The Morgan fingerprint density at radius 2 is 2.06 bits per heavy atom. The van der Waals surface area contributed by atoms with Gasteiger partial charge in [-0.2, -0.15) is 0 Å². The van der Waals surface area contributed by atoms with E-state index in [0.717, 1.165) is 25.7 Å². The highest BCUT2D eigenvalue weighted by Crippen LogP contribution is 2.60. The molecule has 0 amide bonds. The molecule has 32 heavy (non-hydrogen) atoms. The van der Waals surface area contributed by atoms with E-state index in [1.54, 1.807) is 0 Å². The molecule has 1 aliphatic heterocycles. The standard InChI is InChI=1S/C27H40O5/c1-17(2)9-7-13-26(5)14-8-10-22-21(26)12-11-18(3)27(22,6)16-23(31-19(4)28)20-15-24(29)32-25(20)30/h10,15,18,21,23,25,30H,1,7-9,11-14,16H2,2-6H3/t18-,21-,23-,25?,26-,27-/m1/s1. The van der Waals surface area contributed by atoms with E-state index in [1.165, 1.54) is 43.4 Å². The Labute approximate surface area is 192 Å². The monoisotopic (exact) mass is 444 g/mol. The third kappa shape index (κ3) is 5.03. The average Bonchev–Trinajstić information content (AvgIpc) is 3.02. The molecule has 0 spiro atoms. The zero-order valence-corrected chi connectivity index (χ0v) is 20.4. The van der Waals surface area contributed by atoms with Crippen molar-refractivity contribution in [3.63, 3.8) is 0 Å². The molecular formula is C27H40O5. The van der Waals surface area contributed by atoms with Gasteiger partial charge in [-0.25, -0.2) is 4.79 Å². The van der Waals surface area contributed by atoms with E-state index in [-0.39, 0.29) is 10.8 Å². The summed E-state index contributed by atoms with van der Waals surface area (Å²) in [4.78, 5) is 23.6. The lowest BCUT2D eigenvalue weighted by atomic mass is 9.50. The van der Waals surface area contributed by atoms with Crippen molar-refractivity contribution in [2.45, 2.75) is 98.4 Å². The van der Waals surface area contributed by atoms with Crippen molar-refractivity contribution in [1.82, 2.24) is 0 Å². The van der Waals surface area contributed by atoms with Crippen LogP contribution in [0.5, 0.6) is 0 Å². The lowest BCUT2D eigenvalue weighted by molar-refractivity contribution is -0.154. The number of hydrogen-bond donors (Lipinski definition) is 1. The van der Waals surface area contributed by atoms with E-state index >= 15 is 0 Å². The van der Waals surface area contributed by atoms with Crippen molar-refractivity contribution < 1.29 is 24.2 Å². The quantitative estimate of drug-likeness (QED) is 0.388. The molecule has 1 N–H and O–H groups in total. The van der Waals surface area contributed by atoms with Gasteiger partial charge in [0.15, 0.2) is 0 Å². The Balaban J connectivity index is 1.89. The maximum Gasteiger partial charge on any atom is 0.333 e. The molecule has 6 atom stereocenters. The van der Waals surface area contributed by atoms with Gasteiger partial charge in [0.1, 0.15) is 6.10 Å². The highest BCUT2D eigenvalue weighted by Gasteiger charge is 2.51. The molecule has 3 aliphatic rings. The molecule has 5 heteroatoms. The van der Waals surface area contributed by atoms with Crippen LogP contribution in [0.3, 0.4) is 0 Å². The maximum absolute atomic E-state index is 11.9. The minimum Gasteiger partial charge on any atom is -0.458 e. The number of hydrogen-bond acceptors (Lipinski definition) is 5. The fourth-order valence-corrected chi connectivity index (χ4v) is 6.30. The first-order valence-corrected chi connectivity index (χ1v) is 12.1. The molecular weight excluding hydrogens is 404 g/mol. The van der Waals surface area contributed by atoms with Gasteiger partial charge in [-0.1, -0.05) is 38.0 Å². The highest BCUT2D eigenvalue weighted by atomic mass is 16.6. The number of cyclic esters (lactones) is 1. The molecule has 0 bridgehead atoms.